The van der Waals surface area contributed by atoms with Gasteiger partial charge in [0.05, 0.1) is 11.9 Å². The Morgan fingerprint density at radius 3 is 2.11 bits per heavy atom. The normalized spacial score (nSPS) is 14.8. The maximum absolute atomic E-state index is 13.1. The first kappa shape index (κ1) is 20.1. The van der Waals surface area contributed by atoms with Crippen molar-refractivity contribution in [2.75, 3.05) is 48.2 Å². The van der Waals surface area contributed by atoms with Crippen LogP contribution in [0.1, 0.15) is 5.56 Å². The van der Waals surface area contributed by atoms with Gasteiger partial charge in [-0.1, -0.05) is 17.7 Å². The number of nitrogens with zero attached hydrogens (tertiary/aromatic N) is 3. The maximum atomic E-state index is 13.1. The molecule has 0 radical (unpaired) electrons. The summed E-state index contributed by atoms with van der Waals surface area (Å²) in [6.45, 7) is 3.89. The largest absolute Gasteiger partial charge is 0.368 e. The van der Waals surface area contributed by atoms with Crippen LogP contribution in [-0.4, -0.2) is 58.2 Å². The lowest BCUT2D eigenvalue weighted by Crippen LogP contribution is -2.52. The van der Waals surface area contributed by atoms with Gasteiger partial charge < -0.3 is 9.80 Å². The summed E-state index contributed by atoms with van der Waals surface area (Å²) < 4.78 is 38.6. The third kappa shape index (κ3) is 4.81. The van der Waals surface area contributed by atoms with Crippen molar-refractivity contribution in [3.05, 3.63) is 59.9 Å². The van der Waals surface area contributed by atoms with Crippen molar-refractivity contribution >= 4 is 27.3 Å². The SMILES string of the molecule is Cc1ccc(N(CC(=O)N2CCN(c3ccc(F)cc3)CC2)S(C)(=O)=O)cc1. The standard InChI is InChI=1S/C20H24FN3O3S/c1-16-3-7-19(8-4-16)24(28(2,26)27)15-20(25)23-13-11-22(12-14-23)18-9-5-17(21)6-10-18/h3-10H,11-15H2,1-2H3. The fraction of sp³-hybridized carbons (Fsp3) is 0.350. The van der Waals surface area contributed by atoms with Gasteiger partial charge in [-0.15, -0.1) is 0 Å². The average molecular weight is 405 g/mol. The Balaban J connectivity index is 1.65. The van der Waals surface area contributed by atoms with Crippen LogP contribution in [0.4, 0.5) is 15.8 Å². The van der Waals surface area contributed by atoms with E-state index >= 15 is 0 Å². The summed E-state index contributed by atoms with van der Waals surface area (Å²) in [5.41, 5.74) is 2.40. The lowest BCUT2D eigenvalue weighted by Gasteiger charge is -2.37. The molecule has 8 heteroatoms. The van der Waals surface area contributed by atoms with E-state index < -0.39 is 10.0 Å². The number of anilines is 2. The second kappa shape index (κ2) is 8.18. The van der Waals surface area contributed by atoms with Crippen LogP contribution in [0.25, 0.3) is 0 Å². The third-order valence-corrected chi connectivity index (χ3v) is 5.97. The lowest BCUT2D eigenvalue weighted by molar-refractivity contribution is -0.129. The summed E-state index contributed by atoms with van der Waals surface area (Å²) in [5.74, 6) is -0.515. The van der Waals surface area contributed by atoms with E-state index in [0.717, 1.165) is 21.8 Å². The summed E-state index contributed by atoms with van der Waals surface area (Å²) in [4.78, 5) is 16.5. The van der Waals surface area contributed by atoms with Crippen LogP contribution >= 0.6 is 0 Å². The van der Waals surface area contributed by atoms with Crippen LogP contribution in [0, 0.1) is 12.7 Å². The minimum atomic E-state index is -3.58. The van der Waals surface area contributed by atoms with Gasteiger partial charge in [0.2, 0.25) is 15.9 Å². The molecule has 1 amide bonds. The Morgan fingerprint density at radius 2 is 1.57 bits per heavy atom. The van der Waals surface area contributed by atoms with Crippen LogP contribution in [-0.2, 0) is 14.8 Å². The van der Waals surface area contributed by atoms with Crippen molar-refractivity contribution in [3.63, 3.8) is 0 Å². The Labute approximate surface area is 165 Å². The molecule has 6 nitrogen and oxygen atoms in total. The van der Waals surface area contributed by atoms with Crippen molar-refractivity contribution in [1.29, 1.82) is 0 Å². The zero-order valence-electron chi connectivity index (χ0n) is 16.0. The van der Waals surface area contributed by atoms with Crippen LogP contribution in [0.3, 0.4) is 0 Å². The molecule has 0 aromatic heterocycles. The molecule has 0 atom stereocenters. The van der Waals surface area contributed by atoms with Gasteiger partial charge in [0, 0.05) is 31.9 Å². The highest BCUT2D eigenvalue weighted by atomic mass is 32.2. The topological polar surface area (TPSA) is 60.9 Å². The smallest absolute Gasteiger partial charge is 0.243 e. The first-order valence-corrected chi connectivity index (χ1v) is 10.9. The highest BCUT2D eigenvalue weighted by molar-refractivity contribution is 7.92. The zero-order chi connectivity index (χ0) is 20.3. The number of rotatable bonds is 5. The van der Waals surface area contributed by atoms with Gasteiger partial charge in [-0.3, -0.25) is 9.10 Å². The Kier molecular flexibility index (Phi) is 5.88. The molecule has 0 bridgehead atoms. The van der Waals surface area contributed by atoms with Gasteiger partial charge in [0.15, 0.2) is 0 Å². The highest BCUT2D eigenvalue weighted by Gasteiger charge is 2.26. The van der Waals surface area contributed by atoms with E-state index in [9.17, 15) is 17.6 Å². The summed E-state index contributed by atoms with van der Waals surface area (Å²) in [6, 6.07) is 13.3. The molecule has 3 rings (SSSR count). The van der Waals surface area contributed by atoms with Gasteiger partial charge in [0.1, 0.15) is 12.4 Å². The van der Waals surface area contributed by atoms with Crippen LogP contribution in [0.2, 0.25) is 0 Å². The Bertz CT molecular complexity index is 922. The van der Waals surface area contributed by atoms with Gasteiger partial charge in [-0.05, 0) is 43.3 Å². The molecular formula is C20H24FN3O3S. The molecule has 2 aromatic rings. The molecule has 0 unspecified atom stereocenters. The summed E-state index contributed by atoms with van der Waals surface area (Å²) >= 11 is 0. The van der Waals surface area contributed by atoms with E-state index in [1.54, 1.807) is 29.2 Å². The van der Waals surface area contributed by atoms with Crippen molar-refractivity contribution in [1.82, 2.24) is 4.90 Å². The predicted molar refractivity (Wildman–Crippen MR) is 109 cm³/mol. The molecule has 2 aromatic carbocycles. The molecule has 0 aliphatic carbocycles. The first-order valence-electron chi connectivity index (χ1n) is 9.07. The number of carbonyl (C=O) groups is 1. The van der Waals surface area contributed by atoms with Crippen molar-refractivity contribution < 1.29 is 17.6 Å². The molecule has 0 N–H and O–H groups in total. The van der Waals surface area contributed by atoms with Crippen molar-refractivity contribution in [2.45, 2.75) is 6.92 Å². The van der Waals surface area contributed by atoms with E-state index in [2.05, 4.69) is 4.90 Å². The van der Waals surface area contributed by atoms with Gasteiger partial charge >= 0.3 is 0 Å². The van der Waals surface area contributed by atoms with Gasteiger partial charge in [-0.2, -0.15) is 0 Å². The van der Waals surface area contributed by atoms with Crippen molar-refractivity contribution in [2.24, 2.45) is 0 Å². The summed E-state index contributed by atoms with van der Waals surface area (Å²) in [6.07, 6.45) is 1.10. The molecular weight excluding hydrogens is 381 g/mol. The Morgan fingerprint density at radius 1 is 1.00 bits per heavy atom. The number of piperazine rings is 1. The molecule has 28 heavy (non-hydrogen) atoms. The highest BCUT2D eigenvalue weighted by Crippen LogP contribution is 2.20. The molecule has 1 fully saturated rings. The second-order valence-electron chi connectivity index (χ2n) is 6.95. The number of benzene rings is 2. The minimum Gasteiger partial charge on any atom is -0.368 e. The van der Waals surface area contributed by atoms with Crippen LogP contribution < -0.4 is 9.21 Å². The first-order chi connectivity index (χ1) is 13.2. The molecule has 1 heterocycles. The van der Waals surface area contributed by atoms with E-state index in [1.807, 2.05) is 19.1 Å². The third-order valence-electron chi connectivity index (χ3n) is 4.83. The van der Waals surface area contributed by atoms with E-state index in [1.165, 1.54) is 12.1 Å². The fourth-order valence-electron chi connectivity index (χ4n) is 3.20. The maximum Gasteiger partial charge on any atom is 0.243 e. The van der Waals surface area contributed by atoms with E-state index in [4.69, 9.17) is 0 Å². The number of carbonyl (C=O) groups excluding carboxylic acids is 1. The number of sulfonamides is 1. The number of halogens is 1. The second-order valence-corrected chi connectivity index (χ2v) is 8.86. The number of hydrogen-bond acceptors (Lipinski definition) is 4. The summed E-state index contributed by atoms with van der Waals surface area (Å²) in [5, 5.41) is 0. The number of hydrogen-bond donors (Lipinski definition) is 0. The molecule has 0 saturated carbocycles. The molecule has 1 aliphatic heterocycles. The predicted octanol–water partition coefficient (Wildman–Crippen LogP) is 2.25. The zero-order valence-corrected chi connectivity index (χ0v) is 16.8. The molecule has 1 aliphatic rings. The quantitative estimate of drug-likeness (QED) is 0.766. The van der Waals surface area contributed by atoms with E-state index in [-0.39, 0.29) is 18.3 Å². The minimum absolute atomic E-state index is 0.224. The monoisotopic (exact) mass is 405 g/mol. The Hall–Kier alpha value is -2.61. The van der Waals surface area contributed by atoms with Crippen LogP contribution in [0.15, 0.2) is 48.5 Å². The van der Waals surface area contributed by atoms with Gasteiger partial charge in [-0.25, -0.2) is 12.8 Å². The molecule has 1 saturated heterocycles. The molecule has 150 valence electrons. The number of aryl methyl sites for hydroxylation is 1. The lowest BCUT2D eigenvalue weighted by atomic mass is 10.2. The van der Waals surface area contributed by atoms with Crippen LogP contribution in [0.5, 0.6) is 0 Å². The number of amides is 1. The fourth-order valence-corrected chi connectivity index (χ4v) is 4.05. The van der Waals surface area contributed by atoms with Crippen molar-refractivity contribution in [3.8, 4) is 0 Å². The molecule has 0 spiro atoms. The van der Waals surface area contributed by atoms with E-state index in [0.29, 0.717) is 31.9 Å². The van der Waals surface area contributed by atoms with Gasteiger partial charge in [0.25, 0.3) is 0 Å². The summed E-state index contributed by atoms with van der Waals surface area (Å²) in [7, 11) is -3.58. The average Bonchev–Trinajstić information content (AvgIpc) is 2.67.